The molecule has 2 nitrogen and oxygen atoms in total. The lowest BCUT2D eigenvalue weighted by molar-refractivity contribution is 0.102. The third kappa shape index (κ3) is 4.81. The van der Waals surface area contributed by atoms with Gasteiger partial charge >= 0.3 is 0 Å². The highest BCUT2D eigenvalue weighted by Crippen LogP contribution is 2.26. The minimum atomic E-state index is -0.0242. The van der Waals surface area contributed by atoms with E-state index in [0.29, 0.717) is 5.41 Å². The fourth-order valence-electron chi connectivity index (χ4n) is 2.02. The molecular weight excluding hydrogens is 393 g/mol. The van der Waals surface area contributed by atoms with Crippen LogP contribution in [0.1, 0.15) is 43.1 Å². The van der Waals surface area contributed by atoms with Crippen LogP contribution in [-0.4, -0.2) is 5.91 Å². The number of benzene rings is 1. The molecule has 0 aliphatic heterocycles. The molecule has 1 N–H and O–H groups in total. The first kappa shape index (κ1) is 16.5. The monoisotopic (exact) mass is 413 g/mol. The Morgan fingerprint density at radius 1 is 1.24 bits per heavy atom. The second-order valence-corrected chi connectivity index (χ2v) is 9.01. The molecule has 0 fully saturated rings. The van der Waals surface area contributed by atoms with Crippen molar-refractivity contribution >= 4 is 45.5 Å². The Morgan fingerprint density at radius 3 is 2.57 bits per heavy atom. The Bertz CT molecular complexity index is 628. The van der Waals surface area contributed by atoms with Crippen LogP contribution < -0.4 is 5.32 Å². The number of aryl methyl sites for hydroxylation is 1. The van der Waals surface area contributed by atoms with E-state index in [4.69, 9.17) is 0 Å². The normalized spacial score (nSPS) is 11.4. The first-order valence-corrected chi connectivity index (χ1v) is 8.95. The number of para-hydroxylation sites is 1. The molecule has 1 aromatic heterocycles. The van der Waals surface area contributed by atoms with Crippen molar-refractivity contribution in [2.24, 2.45) is 5.41 Å². The van der Waals surface area contributed by atoms with Gasteiger partial charge in [-0.3, -0.25) is 4.79 Å². The summed E-state index contributed by atoms with van der Waals surface area (Å²) in [5.74, 6) is -0.0242. The third-order valence-electron chi connectivity index (χ3n) is 3.27. The van der Waals surface area contributed by atoms with E-state index >= 15 is 0 Å². The molecule has 0 aliphatic rings. The quantitative estimate of drug-likeness (QED) is 0.651. The van der Waals surface area contributed by atoms with Crippen molar-refractivity contribution in [1.29, 1.82) is 0 Å². The van der Waals surface area contributed by atoms with Crippen molar-refractivity contribution in [2.45, 2.75) is 33.6 Å². The Kier molecular flexibility index (Phi) is 5.43. The average molecular weight is 413 g/mol. The highest BCUT2D eigenvalue weighted by atomic mass is 127. The topological polar surface area (TPSA) is 29.1 Å². The summed E-state index contributed by atoms with van der Waals surface area (Å²) in [4.78, 5) is 12.3. The maximum absolute atomic E-state index is 12.3. The fourth-order valence-corrected chi connectivity index (χ4v) is 3.49. The van der Waals surface area contributed by atoms with E-state index in [-0.39, 0.29) is 5.91 Å². The zero-order valence-corrected chi connectivity index (χ0v) is 15.5. The van der Waals surface area contributed by atoms with Crippen molar-refractivity contribution in [3.8, 4) is 0 Å². The number of halogens is 1. The van der Waals surface area contributed by atoms with E-state index in [1.165, 1.54) is 5.56 Å². The summed E-state index contributed by atoms with van der Waals surface area (Å²) < 4.78 is 1.03. The van der Waals surface area contributed by atoms with Gasteiger partial charge < -0.3 is 5.32 Å². The number of carbonyl (C=O) groups excluding carboxylic acids is 1. The molecule has 1 heterocycles. The molecule has 0 radical (unpaired) electrons. The van der Waals surface area contributed by atoms with Crippen molar-refractivity contribution in [2.75, 3.05) is 5.32 Å². The summed E-state index contributed by atoms with van der Waals surface area (Å²) >= 11 is 3.79. The summed E-state index contributed by atoms with van der Waals surface area (Å²) in [7, 11) is 0. The maximum Gasteiger partial charge on any atom is 0.257 e. The van der Waals surface area contributed by atoms with E-state index in [9.17, 15) is 4.79 Å². The molecule has 0 saturated carbocycles. The smallest absolute Gasteiger partial charge is 0.257 e. The highest BCUT2D eigenvalue weighted by Gasteiger charge is 2.15. The maximum atomic E-state index is 12.3. The van der Waals surface area contributed by atoms with E-state index in [1.54, 1.807) is 11.3 Å². The van der Waals surface area contributed by atoms with Crippen molar-refractivity contribution in [3.63, 3.8) is 0 Å². The second kappa shape index (κ2) is 6.92. The zero-order valence-electron chi connectivity index (χ0n) is 12.6. The number of hydrogen-bond acceptors (Lipinski definition) is 2. The van der Waals surface area contributed by atoms with Crippen LogP contribution in [0.2, 0.25) is 0 Å². The van der Waals surface area contributed by atoms with Crippen LogP contribution in [0.5, 0.6) is 0 Å². The highest BCUT2D eigenvalue weighted by molar-refractivity contribution is 14.1. The molecule has 4 heteroatoms. The predicted octanol–water partition coefficient (Wildman–Crippen LogP) is 5.58. The Morgan fingerprint density at radius 2 is 1.95 bits per heavy atom. The lowest BCUT2D eigenvalue weighted by atomic mass is 9.88. The van der Waals surface area contributed by atoms with Crippen LogP contribution in [0.15, 0.2) is 35.7 Å². The van der Waals surface area contributed by atoms with E-state index in [1.807, 2.05) is 29.6 Å². The predicted molar refractivity (Wildman–Crippen MR) is 99.2 cm³/mol. The molecule has 1 aromatic carbocycles. The summed E-state index contributed by atoms with van der Waals surface area (Å²) in [6, 6.07) is 9.95. The summed E-state index contributed by atoms with van der Waals surface area (Å²) in [5, 5.41) is 5.00. The number of hydrogen-bond donors (Lipinski definition) is 1. The second-order valence-electron chi connectivity index (χ2n) is 6.28. The van der Waals surface area contributed by atoms with Gasteiger partial charge in [0, 0.05) is 5.69 Å². The van der Waals surface area contributed by atoms with E-state index in [2.05, 4.69) is 54.7 Å². The van der Waals surface area contributed by atoms with Gasteiger partial charge in [0.25, 0.3) is 5.91 Å². The molecule has 2 rings (SSSR count). The number of rotatable bonds is 4. The Hall–Kier alpha value is -0.880. The Balaban J connectivity index is 2.13. The van der Waals surface area contributed by atoms with Gasteiger partial charge in [-0.1, -0.05) is 39.0 Å². The number of amides is 1. The number of anilines is 1. The average Bonchev–Trinajstić information content (AvgIpc) is 2.83. The number of nitrogens with one attached hydrogen (secondary N) is 1. The lowest BCUT2D eigenvalue weighted by Gasteiger charge is -2.19. The standard InChI is InChI=1S/C17H20INOS/c1-17(2,3)10-8-12-6-4-5-7-14(12)19-16(20)13-9-11-21-15(13)18/h4-7,9,11H,8,10H2,1-3H3,(H,19,20). The molecule has 0 unspecified atom stereocenters. The zero-order chi connectivity index (χ0) is 15.5. The fraction of sp³-hybridized carbons (Fsp3) is 0.353. The Labute approximate surface area is 144 Å². The first-order valence-electron chi connectivity index (χ1n) is 6.99. The van der Waals surface area contributed by atoms with Crippen LogP contribution in [0.4, 0.5) is 5.69 Å². The van der Waals surface area contributed by atoms with Gasteiger partial charge in [0.15, 0.2) is 0 Å². The molecule has 0 aliphatic carbocycles. The van der Waals surface area contributed by atoms with E-state index < -0.39 is 0 Å². The van der Waals surface area contributed by atoms with Gasteiger partial charge in [-0.2, -0.15) is 0 Å². The van der Waals surface area contributed by atoms with Crippen LogP contribution in [-0.2, 0) is 6.42 Å². The molecule has 0 atom stereocenters. The van der Waals surface area contributed by atoms with Crippen molar-refractivity contribution in [1.82, 2.24) is 0 Å². The molecule has 2 aromatic rings. The van der Waals surface area contributed by atoms with Gasteiger partial charge in [-0.15, -0.1) is 11.3 Å². The lowest BCUT2D eigenvalue weighted by Crippen LogP contribution is -2.14. The SMILES string of the molecule is CC(C)(C)CCc1ccccc1NC(=O)c1ccsc1I. The largest absolute Gasteiger partial charge is 0.322 e. The molecule has 0 spiro atoms. The molecule has 0 bridgehead atoms. The minimum Gasteiger partial charge on any atom is -0.322 e. The number of thiophene rings is 1. The summed E-state index contributed by atoms with van der Waals surface area (Å²) in [5.41, 5.74) is 3.17. The summed E-state index contributed by atoms with van der Waals surface area (Å²) in [6.07, 6.45) is 2.07. The van der Waals surface area contributed by atoms with Gasteiger partial charge in [0.1, 0.15) is 0 Å². The van der Waals surface area contributed by atoms with Gasteiger partial charge in [0.05, 0.1) is 8.45 Å². The van der Waals surface area contributed by atoms with Crippen LogP contribution in [0.3, 0.4) is 0 Å². The molecule has 21 heavy (non-hydrogen) atoms. The van der Waals surface area contributed by atoms with Gasteiger partial charge in [-0.05, 0) is 63.9 Å². The van der Waals surface area contributed by atoms with Crippen molar-refractivity contribution < 1.29 is 4.79 Å². The molecule has 0 saturated heterocycles. The number of carbonyl (C=O) groups is 1. The van der Waals surface area contributed by atoms with Crippen LogP contribution in [0, 0.1) is 8.30 Å². The molecule has 1 amide bonds. The first-order chi connectivity index (χ1) is 9.87. The third-order valence-corrected chi connectivity index (χ3v) is 5.32. The van der Waals surface area contributed by atoms with Crippen molar-refractivity contribution in [3.05, 3.63) is 49.7 Å². The minimum absolute atomic E-state index is 0.0242. The van der Waals surface area contributed by atoms with Gasteiger partial charge in [0.2, 0.25) is 0 Å². The molecular formula is C17H20INOS. The molecule has 112 valence electrons. The summed E-state index contributed by atoms with van der Waals surface area (Å²) in [6.45, 7) is 6.71. The van der Waals surface area contributed by atoms with E-state index in [0.717, 1.165) is 27.0 Å². The van der Waals surface area contributed by atoms with Crippen LogP contribution >= 0.6 is 33.9 Å². The van der Waals surface area contributed by atoms with Gasteiger partial charge in [-0.25, -0.2) is 0 Å². The van der Waals surface area contributed by atoms with Crippen LogP contribution in [0.25, 0.3) is 0 Å².